The Bertz CT molecular complexity index is 1140. The molecule has 12 heteroatoms. The van der Waals surface area contributed by atoms with Crippen LogP contribution in [0.2, 0.25) is 0 Å². The molecule has 3 aromatic rings. The maximum absolute atomic E-state index is 12.3. The number of amides is 1. The first-order valence-electron chi connectivity index (χ1n) is 8.37. The molecule has 1 heterocycles. The number of non-ortho nitro benzene ring substituents is 2. The molecule has 0 atom stereocenters. The molecule has 1 aromatic heterocycles. The molecule has 11 nitrogen and oxygen atoms in total. The van der Waals surface area contributed by atoms with Gasteiger partial charge in [0.2, 0.25) is 0 Å². The molecule has 0 saturated heterocycles. The summed E-state index contributed by atoms with van der Waals surface area (Å²) in [6.07, 6.45) is 2.88. The van der Waals surface area contributed by atoms with Crippen LogP contribution in [0.15, 0.2) is 64.3 Å². The van der Waals surface area contributed by atoms with Gasteiger partial charge in [0.25, 0.3) is 17.3 Å². The number of nitro benzene ring substituents is 2. The topological polar surface area (TPSA) is 146 Å². The van der Waals surface area contributed by atoms with Gasteiger partial charge in [0.15, 0.2) is 5.69 Å². The summed E-state index contributed by atoms with van der Waals surface area (Å²) in [5.41, 5.74) is 3.53. The predicted octanol–water partition coefficient (Wildman–Crippen LogP) is 3.27. The van der Waals surface area contributed by atoms with Gasteiger partial charge in [-0.15, -0.1) is 0 Å². The van der Waals surface area contributed by atoms with Crippen LogP contribution in [0.25, 0.3) is 0 Å². The summed E-state index contributed by atoms with van der Waals surface area (Å²) < 4.78 is 1.94. The molecule has 1 N–H and O–H groups in total. The van der Waals surface area contributed by atoms with E-state index in [0.717, 1.165) is 5.56 Å². The van der Waals surface area contributed by atoms with E-state index in [9.17, 15) is 25.0 Å². The van der Waals surface area contributed by atoms with Crippen LogP contribution >= 0.6 is 15.9 Å². The number of nitrogens with zero attached hydrogens (tertiary/aromatic N) is 5. The van der Waals surface area contributed by atoms with Crippen molar-refractivity contribution >= 4 is 39.4 Å². The van der Waals surface area contributed by atoms with Crippen LogP contribution in [0.3, 0.4) is 0 Å². The molecule has 0 aliphatic rings. The Kier molecular flexibility index (Phi) is 6.27. The van der Waals surface area contributed by atoms with Crippen molar-refractivity contribution in [3.05, 3.63) is 96.2 Å². The Hall–Kier alpha value is -3.93. The first-order chi connectivity index (χ1) is 14.3. The molecule has 0 aliphatic carbocycles. The highest BCUT2D eigenvalue weighted by atomic mass is 79.9. The van der Waals surface area contributed by atoms with Crippen molar-refractivity contribution < 1.29 is 14.6 Å². The maximum atomic E-state index is 12.3. The maximum Gasteiger partial charge on any atom is 0.293 e. The Morgan fingerprint density at radius 3 is 2.50 bits per heavy atom. The number of hydrazone groups is 1. The van der Waals surface area contributed by atoms with Crippen molar-refractivity contribution in [2.75, 3.05) is 0 Å². The third-order valence-electron chi connectivity index (χ3n) is 3.88. The number of hydrogen-bond acceptors (Lipinski definition) is 7. The Morgan fingerprint density at radius 2 is 1.83 bits per heavy atom. The van der Waals surface area contributed by atoms with Gasteiger partial charge in [-0.3, -0.25) is 29.7 Å². The third-order valence-corrected chi connectivity index (χ3v) is 4.46. The largest absolute Gasteiger partial charge is 0.293 e. The van der Waals surface area contributed by atoms with Gasteiger partial charge in [0, 0.05) is 36.0 Å². The lowest BCUT2D eigenvalue weighted by atomic mass is 10.2. The molecule has 0 aliphatic heterocycles. The summed E-state index contributed by atoms with van der Waals surface area (Å²) in [6, 6.07) is 11.8. The lowest BCUT2D eigenvalue weighted by Crippen LogP contribution is -2.19. The molecule has 0 saturated carbocycles. The number of carbonyl (C=O) groups excluding carboxylic acids is 1. The van der Waals surface area contributed by atoms with Crippen LogP contribution < -0.4 is 5.43 Å². The van der Waals surface area contributed by atoms with Gasteiger partial charge in [-0.1, -0.05) is 24.3 Å². The highest BCUT2D eigenvalue weighted by Gasteiger charge is 2.15. The second kappa shape index (κ2) is 9.05. The third kappa shape index (κ3) is 5.11. The van der Waals surface area contributed by atoms with Crippen molar-refractivity contribution in [1.82, 2.24) is 15.2 Å². The minimum Gasteiger partial charge on any atom is -0.266 e. The van der Waals surface area contributed by atoms with Gasteiger partial charge in [0.1, 0.15) is 0 Å². The zero-order valence-electron chi connectivity index (χ0n) is 15.1. The van der Waals surface area contributed by atoms with E-state index in [1.165, 1.54) is 41.2 Å². The number of rotatable bonds is 7. The van der Waals surface area contributed by atoms with Crippen molar-refractivity contribution in [1.29, 1.82) is 0 Å². The summed E-state index contributed by atoms with van der Waals surface area (Å²) in [5.74, 6) is -0.578. The SMILES string of the molecule is O=C(N/N=C\c1cccc([N+](=O)[O-])c1)c1nn(Cc2ccc([N+](=O)[O-])cc2)cc1Br. The minimum absolute atomic E-state index is 0.0120. The fourth-order valence-electron chi connectivity index (χ4n) is 2.48. The molecule has 0 fully saturated rings. The monoisotopic (exact) mass is 472 g/mol. The van der Waals surface area contributed by atoms with E-state index >= 15 is 0 Å². The van der Waals surface area contributed by atoms with E-state index in [-0.39, 0.29) is 17.1 Å². The van der Waals surface area contributed by atoms with E-state index < -0.39 is 15.8 Å². The van der Waals surface area contributed by atoms with E-state index in [2.05, 4.69) is 31.6 Å². The fourth-order valence-corrected chi connectivity index (χ4v) is 2.97. The van der Waals surface area contributed by atoms with Crippen molar-refractivity contribution in [2.45, 2.75) is 6.54 Å². The summed E-state index contributed by atoms with van der Waals surface area (Å²) in [7, 11) is 0. The first kappa shape index (κ1) is 20.8. The van der Waals surface area contributed by atoms with Crippen LogP contribution in [0, 0.1) is 20.2 Å². The van der Waals surface area contributed by atoms with Crippen molar-refractivity contribution in [3.8, 4) is 0 Å². The summed E-state index contributed by atoms with van der Waals surface area (Å²) in [5, 5.41) is 29.5. The van der Waals surface area contributed by atoms with Crippen LogP contribution in [0.1, 0.15) is 21.6 Å². The second-order valence-electron chi connectivity index (χ2n) is 6.00. The van der Waals surface area contributed by atoms with Crippen molar-refractivity contribution in [2.24, 2.45) is 5.10 Å². The number of nitro groups is 2. The zero-order chi connectivity index (χ0) is 21.7. The lowest BCUT2D eigenvalue weighted by molar-refractivity contribution is -0.385. The van der Waals surface area contributed by atoms with E-state index in [1.807, 2.05) is 0 Å². The smallest absolute Gasteiger partial charge is 0.266 e. The van der Waals surface area contributed by atoms with Crippen LogP contribution in [-0.4, -0.2) is 31.7 Å². The lowest BCUT2D eigenvalue weighted by Gasteiger charge is -2.01. The number of halogens is 1. The van der Waals surface area contributed by atoms with Crippen LogP contribution in [0.5, 0.6) is 0 Å². The average molecular weight is 473 g/mol. The van der Waals surface area contributed by atoms with E-state index in [4.69, 9.17) is 0 Å². The number of hydrogen-bond donors (Lipinski definition) is 1. The van der Waals surface area contributed by atoms with Gasteiger partial charge < -0.3 is 0 Å². The van der Waals surface area contributed by atoms with Gasteiger partial charge in [-0.2, -0.15) is 10.2 Å². The molecule has 30 heavy (non-hydrogen) atoms. The standard InChI is InChI=1S/C18H13BrN6O5/c19-16-11-23(10-12-4-6-14(7-5-12)24(27)28)22-17(16)18(26)21-20-9-13-2-1-3-15(8-13)25(29)30/h1-9,11H,10H2,(H,21,26)/b20-9-. The molecule has 2 aromatic carbocycles. The Balaban J connectivity index is 1.65. The van der Waals surface area contributed by atoms with Gasteiger partial charge in [-0.05, 0) is 21.5 Å². The quantitative estimate of drug-likeness (QED) is 0.317. The molecule has 0 bridgehead atoms. The van der Waals surface area contributed by atoms with Crippen LogP contribution in [-0.2, 0) is 6.54 Å². The number of carbonyl (C=O) groups is 1. The Labute approximate surface area is 177 Å². The second-order valence-corrected chi connectivity index (χ2v) is 6.85. The summed E-state index contributed by atoms with van der Waals surface area (Å²) in [4.78, 5) is 32.8. The molecular weight excluding hydrogens is 460 g/mol. The van der Waals surface area contributed by atoms with Crippen LogP contribution in [0.4, 0.5) is 11.4 Å². The minimum atomic E-state index is -0.578. The normalized spacial score (nSPS) is 10.8. The van der Waals surface area contributed by atoms with Gasteiger partial charge in [-0.25, -0.2) is 5.43 Å². The molecule has 0 radical (unpaired) electrons. The highest BCUT2D eigenvalue weighted by Crippen LogP contribution is 2.17. The molecule has 0 spiro atoms. The fraction of sp³-hybridized carbons (Fsp3) is 0.0556. The molecular formula is C18H13BrN6O5. The first-order valence-corrected chi connectivity index (χ1v) is 9.17. The molecule has 0 unspecified atom stereocenters. The predicted molar refractivity (Wildman–Crippen MR) is 110 cm³/mol. The highest BCUT2D eigenvalue weighted by molar-refractivity contribution is 9.10. The Morgan fingerprint density at radius 1 is 1.13 bits per heavy atom. The zero-order valence-corrected chi connectivity index (χ0v) is 16.7. The van der Waals surface area contributed by atoms with Gasteiger partial charge >= 0.3 is 0 Å². The summed E-state index contributed by atoms with van der Waals surface area (Å²) >= 11 is 3.26. The van der Waals surface area contributed by atoms with Crippen molar-refractivity contribution in [3.63, 3.8) is 0 Å². The average Bonchev–Trinajstić information content (AvgIpc) is 3.08. The van der Waals surface area contributed by atoms with E-state index in [1.54, 1.807) is 24.4 Å². The van der Waals surface area contributed by atoms with E-state index in [0.29, 0.717) is 16.6 Å². The summed E-state index contributed by atoms with van der Waals surface area (Å²) in [6.45, 7) is 0.306. The number of benzene rings is 2. The molecule has 3 rings (SSSR count). The molecule has 152 valence electrons. The van der Waals surface area contributed by atoms with Gasteiger partial charge in [0.05, 0.1) is 27.1 Å². The number of aromatic nitrogens is 2. The molecule has 1 amide bonds. The number of nitrogens with one attached hydrogen (secondary N) is 1.